The Labute approximate surface area is 61.0 Å². The third-order valence-electron chi connectivity index (χ3n) is 1.02. The van der Waals surface area contributed by atoms with Gasteiger partial charge in [-0.1, -0.05) is 0 Å². The minimum absolute atomic E-state index is 0.0227. The van der Waals surface area contributed by atoms with Crippen molar-refractivity contribution in [3.05, 3.63) is 0 Å². The summed E-state index contributed by atoms with van der Waals surface area (Å²) in [7, 11) is 0. The fourth-order valence-corrected chi connectivity index (χ4v) is 0.562. The molecule has 0 radical (unpaired) electrons. The molecular weight excluding hydrogens is 128 g/mol. The van der Waals surface area contributed by atoms with Gasteiger partial charge in [0.1, 0.15) is 0 Å². The number of nitrogens with one attached hydrogen (secondary N) is 1. The first kappa shape index (κ1) is 8.99. The molecule has 0 aliphatic carbocycles. The summed E-state index contributed by atoms with van der Waals surface area (Å²) >= 11 is 0. The second-order valence-corrected chi connectivity index (χ2v) is 2.08. The van der Waals surface area contributed by atoms with E-state index >= 15 is 0 Å². The van der Waals surface area contributed by atoms with E-state index in [1.165, 1.54) is 0 Å². The van der Waals surface area contributed by atoms with Gasteiger partial charge >= 0.3 is 0 Å². The molecule has 0 saturated heterocycles. The number of hydrogen-bond donors (Lipinski definition) is 2. The highest BCUT2D eigenvalue weighted by molar-refractivity contribution is 5.78. The number of amides is 1. The Bertz CT molecular complexity index is 148. The Hall–Kier alpha value is -1.01. The van der Waals surface area contributed by atoms with Gasteiger partial charge in [0.25, 0.3) is 0 Å². The molecule has 3 nitrogen and oxygen atoms in total. The number of nitrogens with two attached hydrogens (primary N) is 1. The monoisotopic (exact) mass is 140 g/mol. The molecule has 10 heavy (non-hydrogen) atoms. The maximum atomic E-state index is 10.6. The molecule has 3 heteroatoms. The van der Waals surface area contributed by atoms with Crippen LogP contribution in [0.3, 0.4) is 0 Å². The van der Waals surface area contributed by atoms with Crippen molar-refractivity contribution in [3.63, 3.8) is 0 Å². The van der Waals surface area contributed by atoms with E-state index in [4.69, 9.17) is 12.2 Å². The van der Waals surface area contributed by atoms with E-state index in [1.54, 1.807) is 0 Å². The van der Waals surface area contributed by atoms with Crippen molar-refractivity contribution < 1.29 is 4.79 Å². The third-order valence-corrected chi connectivity index (χ3v) is 1.02. The van der Waals surface area contributed by atoms with Crippen LogP contribution in [0.25, 0.3) is 0 Å². The lowest BCUT2D eigenvalue weighted by Gasteiger charge is -2.08. The molecule has 0 bridgehead atoms. The van der Waals surface area contributed by atoms with Gasteiger partial charge in [-0.2, -0.15) is 0 Å². The highest BCUT2D eigenvalue weighted by atomic mass is 16.1. The fourth-order valence-electron chi connectivity index (χ4n) is 0.562. The highest BCUT2D eigenvalue weighted by Crippen LogP contribution is 1.85. The minimum atomic E-state index is -0.164. The Kier molecular flexibility index (Phi) is 4.34. The van der Waals surface area contributed by atoms with E-state index in [0.717, 1.165) is 0 Å². The van der Waals surface area contributed by atoms with Gasteiger partial charge in [-0.3, -0.25) is 4.79 Å². The topological polar surface area (TPSA) is 55.1 Å². The summed E-state index contributed by atoms with van der Waals surface area (Å²) in [4.78, 5) is 10.6. The van der Waals surface area contributed by atoms with Crippen molar-refractivity contribution in [1.82, 2.24) is 5.32 Å². The maximum absolute atomic E-state index is 10.6. The average Bonchev–Trinajstić information content (AvgIpc) is 1.88. The third kappa shape index (κ3) is 3.93. The van der Waals surface area contributed by atoms with Crippen molar-refractivity contribution in [2.24, 2.45) is 5.73 Å². The van der Waals surface area contributed by atoms with Gasteiger partial charge in [0.15, 0.2) is 0 Å². The summed E-state index contributed by atoms with van der Waals surface area (Å²) in [6.45, 7) is 1.86. The predicted octanol–water partition coefficient (Wildman–Crippen LogP) is -0.527. The van der Waals surface area contributed by atoms with E-state index in [9.17, 15) is 4.79 Å². The summed E-state index contributed by atoms with van der Waals surface area (Å²) in [5.41, 5.74) is 5.05. The molecule has 0 aromatic carbocycles. The lowest BCUT2D eigenvalue weighted by molar-refractivity contribution is -0.120. The molecule has 0 aromatic heterocycles. The normalized spacial score (nSPS) is 11.7. The molecule has 1 atom stereocenters. The number of carbonyl (C=O) groups is 1. The molecule has 56 valence electrons. The zero-order valence-electron chi connectivity index (χ0n) is 6.05. The molecule has 0 aliphatic heterocycles. The van der Waals surface area contributed by atoms with Crippen molar-refractivity contribution in [3.8, 4) is 12.3 Å². The lowest BCUT2D eigenvalue weighted by Crippen LogP contribution is -2.36. The molecule has 0 heterocycles. The number of rotatable bonds is 3. The summed E-state index contributed by atoms with van der Waals surface area (Å²) in [5.74, 6) is 2.28. The van der Waals surface area contributed by atoms with E-state index in [-0.39, 0.29) is 18.5 Å². The summed E-state index contributed by atoms with van der Waals surface area (Å²) < 4.78 is 0. The smallest absolute Gasteiger partial charge is 0.233 e. The van der Waals surface area contributed by atoms with Gasteiger partial charge in [-0.25, -0.2) is 0 Å². The van der Waals surface area contributed by atoms with E-state index in [1.807, 2.05) is 6.92 Å². The number of carbonyl (C=O) groups excluding carboxylic acids is 1. The Morgan fingerprint density at radius 1 is 1.90 bits per heavy atom. The molecule has 0 aliphatic rings. The van der Waals surface area contributed by atoms with Crippen molar-refractivity contribution in [2.75, 3.05) is 6.54 Å². The molecule has 0 saturated carbocycles. The van der Waals surface area contributed by atoms with E-state index < -0.39 is 0 Å². The SMILES string of the molecule is C#CCC(C)NC(=O)CN. The fraction of sp³-hybridized carbons (Fsp3) is 0.571. The largest absolute Gasteiger partial charge is 0.352 e. The van der Waals surface area contributed by atoms with Crippen molar-refractivity contribution in [1.29, 1.82) is 0 Å². The molecule has 0 rings (SSSR count). The highest BCUT2D eigenvalue weighted by Gasteiger charge is 2.01. The van der Waals surface area contributed by atoms with Crippen molar-refractivity contribution >= 4 is 5.91 Å². The lowest BCUT2D eigenvalue weighted by atomic mass is 10.2. The van der Waals surface area contributed by atoms with E-state index in [2.05, 4.69) is 11.2 Å². The van der Waals surface area contributed by atoms with Crippen LogP contribution in [0.4, 0.5) is 0 Å². The van der Waals surface area contributed by atoms with E-state index in [0.29, 0.717) is 6.42 Å². The summed E-state index contributed by atoms with van der Waals surface area (Å²) in [5, 5.41) is 2.62. The van der Waals surface area contributed by atoms with Crippen LogP contribution in [0.5, 0.6) is 0 Å². The van der Waals surface area contributed by atoms with Gasteiger partial charge in [0.2, 0.25) is 5.91 Å². The zero-order valence-corrected chi connectivity index (χ0v) is 6.05. The van der Waals surface area contributed by atoms with Crippen LogP contribution in [-0.4, -0.2) is 18.5 Å². The standard InChI is InChI=1S/C7H12N2O/c1-3-4-6(2)9-7(10)5-8/h1,6H,4-5,8H2,2H3,(H,9,10). The Morgan fingerprint density at radius 3 is 2.90 bits per heavy atom. The Morgan fingerprint density at radius 2 is 2.50 bits per heavy atom. The molecule has 1 amide bonds. The minimum Gasteiger partial charge on any atom is -0.352 e. The van der Waals surface area contributed by atoms with Crippen molar-refractivity contribution in [2.45, 2.75) is 19.4 Å². The number of hydrogen-bond acceptors (Lipinski definition) is 2. The van der Waals surface area contributed by atoms with Crippen LogP contribution in [0, 0.1) is 12.3 Å². The van der Waals surface area contributed by atoms with Gasteiger partial charge in [-0.05, 0) is 6.92 Å². The second kappa shape index (κ2) is 4.83. The quantitative estimate of drug-likeness (QED) is 0.518. The van der Waals surface area contributed by atoms with Gasteiger partial charge in [0.05, 0.1) is 6.54 Å². The van der Waals surface area contributed by atoms with Gasteiger partial charge in [-0.15, -0.1) is 12.3 Å². The number of terminal acetylenes is 1. The van der Waals surface area contributed by atoms with Crippen LogP contribution in [0.1, 0.15) is 13.3 Å². The van der Waals surface area contributed by atoms with Crippen LogP contribution < -0.4 is 11.1 Å². The first-order valence-corrected chi connectivity index (χ1v) is 3.13. The summed E-state index contributed by atoms with van der Waals surface area (Å²) in [6.07, 6.45) is 5.56. The first-order valence-electron chi connectivity index (χ1n) is 3.13. The Balaban J connectivity index is 3.49. The molecule has 0 spiro atoms. The molecule has 1 unspecified atom stereocenters. The molecule has 0 fully saturated rings. The van der Waals surface area contributed by atoms with Crippen LogP contribution in [0.15, 0.2) is 0 Å². The van der Waals surface area contributed by atoms with Crippen LogP contribution >= 0.6 is 0 Å². The first-order chi connectivity index (χ1) is 4.70. The predicted molar refractivity (Wildman–Crippen MR) is 40.1 cm³/mol. The maximum Gasteiger partial charge on any atom is 0.233 e. The summed E-state index contributed by atoms with van der Waals surface area (Å²) in [6, 6.07) is 0.0287. The van der Waals surface area contributed by atoms with Gasteiger partial charge < -0.3 is 11.1 Å². The van der Waals surface area contributed by atoms with Crippen LogP contribution in [0.2, 0.25) is 0 Å². The molecular formula is C7H12N2O. The second-order valence-electron chi connectivity index (χ2n) is 2.08. The molecule has 0 aromatic rings. The van der Waals surface area contributed by atoms with Gasteiger partial charge in [0, 0.05) is 12.5 Å². The molecule has 3 N–H and O–H groups in total. The zero-order chi connectivity index (χ0) is 7.98. The van der Waals surface area contributed by atoms with Crippen LogP contribution in [-0.2, 0) is 4.79 Å². The average molecular weight is 140 g/mol.